The van der Waals surface area contributed by atoms with Crippen LogP contribution < -0.4 is 15.0 Å². The molecule has 1 atom stereocenters. The van der Waals surface area contributed by atoms with Crippen molar-refractivity contribution >= 4 is 5.82 Å². The number of hydrogen-bond donors (Lipinski definition) is 1. The molecule has 5 heteroatoms. The Balaban J connectivity index is 1.72. The summed E-state index contributed by atoms with van der Waals surface area (Å²) < 4.78 is 5.18. The predicted octanol–water partition coefficient (Wildman–Crippen LogP) is 1.45. The van der Waals surface area contributed by atoms with Gasteiger partial charge in [-0.05, 0) is 44.7 Å². The Bertz CT molecular complexity index is 416. The second-order valence-corrected chi connectivity index (χ2v) is 5.52. The van der Waals surface area contributed by atoms with Crippen molar-refractivity contribution in [3.05, 3.63) is 12.4 Å². The van der Waals surface area contributed by atoms with Crippen molar-refractivity contribution in [1.82, 2.24) is 15.3 Å². The average Bonchev–Trinajstić information content (AvgIpc) is 3.30. The molecule has 1 N–H and O–H groups in total. The summed E-state index contributed by atoms with van der Waals surface area (Å²) in [6.07, 6.45) is 8.67. The van der Waals surface area contributed by atoms with Crippen molar-refractivity contribution in [2.75, 3.05) is 31.6 Å². The van der Waals surface area contributed by atoms with Gasteiger partial charge in [0.1, 0.15) is 0 Å². The van der Waals surface area contributed by atoms with E-state index in [4.69, 9.17) is 4.74 Å². The zero-order chi connectivity index (χ0) is 13.1. The molecule has 1 unspecified atom stereocenters. The molecule has 1 aliphatic heterocycles. The Hall–Kier alpha value is -1.36. The van der Waals surface area contributed by atoms with Crippen molar-refractivity contribution in [1.29, 1.82) is 0 Å². The first-order valence-corrected chi connectivity index (χ1v) is 7.20. The molecular weight excluding hydrogens is 240 g/mol. The lowest BCUT2D eigenvalue weighted by atomic mass is 9.99. The van der Waals surface area contributed by atoms with E-state index in [1.807, 2.05) is 6.20 Å². The van der Waals surface area contributed by atoms with Crippen LogP contribution in [0.3, 0.4) is 0 Å². The highest BCUT2D eigenvalue weighted by Crippen LogP contribution is 2.32. The molecule has 0 amide bonds. The summed E-state index contributed by atoms with van der Waals surface area (Å²) in [4.78, 5) is 11.2. The smallest absolute Gasteiger partial charge is 0.233 e. The van der Waals surface area contributed by atoms with Crippen LogP contribution in [-0.4, -0.2) is 42.8 Å². The number of ether oxygens (including phenoxy) is 1. The van der Waals surface area contributed by atoms with Crippen LogP contribution in [-0.2, 0) is 0 Å². The molecule has 5 nitrogen and oxygen atoms in total. The highest BCUT2D eigenvalue weighted by molar-refractivity contribution is 5.41. The number of nitrogens with one attached hydrogen (secondary N) is 1. The van der Waals surface area contributed by atoms with E-state index in [1.165, 1.54) is 32.2 Å². The number of hydrogen-bond acceptors (Lipinski definition) is 5. The van der Waals surface area contributed by atoms with Crippen molar-refractivity contribution in [2.24, 2.45) is 5.92 Å². The van der Waals surface area contributed by atoms with Gasteiger partial charge < -0.3 is 15.0 Å². The first-order valence-electron chi connectivity index (χ1n) is 7.20. The molecule has 2 fully saturated rings. The molecule has 104 valence electrons. The minimum atomic E-state index is 0.602. The zero-order valence-electron chi connectivity index (χ0n) is 11.5. The van der Waals surface area contributed by atoms with Gasteiger partial charge in [0.25, 0.3) is 0 Å². The van der Waals surface area contributed by atoms with Crippen molar-refractivity contribution in [2.45, 2.75) is 31.7 Å². The molecule has 0 bridgehead atoms. The monoisotopic (exact) mass is 262 g/mol. The van der Waals surface area contributed by atoms with E-state index < -0.39 is 0 Å². The van der Waals surface area contributed by atoms with Gasteiger partial charge in [-0.15, -0.1) is 0 Å². The minimum absolute atomic E-state index is 0.602. The molecule has 1 aromatic heterocycles. The summed E-state index contributed by atoms with van der Waals surface area (Å²) in [7, 11) is 1.64. The van der Waals surface area contributed by atoms with Crippen LogP contribution in [0.15, 0.2) is 12.4 Å². The lowest BCUT2D eigenvalue weighted by Crippen LogP contribution is -2.39. The van der Waals surface area contributed by atoms with Crippen LogP contribution in [0.4, 0.5) is 5.82 Å². The Kier molecular flexibility index (Phi) is 3.82. The second kappa shape index (κ2) is 5.74. The van der Waals surface area contributed by atoms with Gasteiger partial charge in [-0.25, -0.2) is 0 Å². The molecule has 0 radical (unpaired) electrons. The van der Waals surface area contributed by atoms with E-state index in [2.05, 4.69) is 20.2 Å². The van der Waals surface area contributed by atoms with E-state index in [0.29, 0.717) is 11.9 Å². The summed E-state index contributed by atoms with van der Waals surface area (Å²) in [5.74, 6) is 2.29. The number of methoxy groups -OCH3 is 1. The SMILES string of the molecule is COc1cncc(N(CC2CCCNC2)C2CC2)n1. The fourth-order valence-corrected chi connectivity index (χ4v) is 2.75. The molecule has 0 spiro atoms. The highest BCUT2D eigenvalue weighted by Gasteiger charge is 2.32. The van der Waals surface area contributed by atoms with E-state index in [1.54, 1.807) is 13.3 Å². The van der Waals surface area contributed by atoms with E-state index in [0.717, 1.165) is 24.8 Å². The van der Waals surface area contributed by atoms with E-state index >= 15 is 0 Å². The third kappa shape index (κ3) is 3.15. The number of piperidine rings is 1. The first kappa shape index (κ1) is 12.7. The molecule has 1 aliphatic carbocycles. The maximum Gasteiger partial charge on any atom is 0.233 e. The van der Waals surface area contributed by atoms with Gasteiger partial charge in [-0.1, -0.05) is 0 Å². The van der Waals surface area contributed by atoms with Gasteiger partial charge in [-0.3, -0.25) is 4.98 Å². The molecule has 1 saturated heterocycles. The fourth-order valence-electron chi connectivity index (χ4n) is 2.75. The van der Waals surface area contributed by atoms with E-state index in [9.17, 15) is 0 Å². The van der Waals surface area contributed by atoms with Crippen LogP contribution in [0.1, 0.15) is 25.7 Å². The molecule has 0 aromatic carbocycles. The van der Waals surface area contributed by atoms with Gasteiger partial charge in [0.05, 0.1) is 19.5 Å². The Morgan fingerprint density at radius 1 is 1.37 bits per heavy atom. The first-order chi connectivity index (χ1) is 9.36. The van der Waals surface area contributed by atoms with Gasteiger partial charge in [0.2, 0.25) is 5.88 Å². The standard InChI is InChI=1S/C14H22N4O/c1-19-14-9-16-8-13(17-14)18(12-4-5-12)10-11-3-2-6-15-7-11/h8-9,11-12,15H,2-7,10H2,1H3. The number of anilines is 1. The third-order valence-electron chi connectivity index (χ3n) is 3.94. The molecule has 2 aliphatic rings. The Morgan fingerprint density at radius 2 is 2.26 bits per heavy atom. The Labute approximate surface area is 114 Å². The van der Waals surface area contributed by atoms with Gasteiger partial charge in [0.15, 0.2) is 5.82 Å². The number of aromatic nitrogens is 2. The van der Waals surface area contributed by atoms with Gasteiger partial charge in [-0.2, -0.15) is 4.98 Å². The average molecular weight is 262 g/mol. The molecular formula is C14H22N4O. The largest absolute Gasteiger partial charge is 0.480 e. The minimum Gasteiger partial charge on any atom is -0.480 e. The summed E-state index contributed by atoms with van der Waals surface area (Å²) in [6, 6.07) is 0.656. The molecule has 1 saturated carbocycles. The lowest BCUT2D eigenvalue weighted by molar-refractivity contribution is 0.372. The van der Waals surface area contributed by atoms with Crippen molar-refractivity contribution in [3.63, 3.8) is 0 Å². The quantitative estimate of drug-likeness (QED) is 0.870. The summed E-state index contributed by atoms with van der Waals surface area (Å²) >= 11 is 0. The fraction of sp³-hybridized carbons (Fsp3) is 0.714. The number of rotatable bonds is 5. The number of nitrogens with zero attached hydrogens (tertiary/aromatic N) is 3. The zero-order valence-corrected chi connectivity index (χ0v) is 11.5. The van der Waals surface area contributed by atoms with Gasteiger partial charge >= 0.3 is 0 Å². The maximum atomic E-state index is 5.18. The van der Waals surface area contributed by atoms with Crippen LogP contribution in [0.5, 0.6) is 5.88 Å². The van der Waals surface area contributed by atoms with E-state index in [-0.39, 0.29) is 0 Å². The van der Waals surface area contributed by atoms with Crippen LogP contribution in [0.2, 0.25) is 0 Å². The Morgan fingerprint density at radius 3 is 2.95 bits per heavy atom. The predicted molar refractivity (Wildman–Crippen MR) is 74.5 cm³/mol. The molecule has 19 heavy (non-hydrogen) atoms. The summed E-state index contributed by atoms with van der Waals surface area (Å²) in [5, 5.41) is 3.49. The summed E-state index contributed by atoms with van der Waals surface area (Å²) in [5.41, 5.74) is 0. The topological polar surface area (TPSA) is 50.3 Å². The normalized spacial score (nSPS) is 23.1. The lowest BCUT2D eigenvalue weighted by Gasteiger charge is -2.31. The molecule has 2 heterocycles. The third-order valence-corrected chi connectivity index (χ3v) is 3.94. The second-order valence-electron chi connectivity index (χ2n) is 5.52. The van der Waals surface area contributed by atoms with Crippen LogP contribution in [0, 0.1) is 5.92 Å². The summed E-state index contributed by atoms with van der Waals surface area (Å²) in [6.45, 7) is 3.37. The van der Waals surface area contributed by atoms with Gasteiger partial charge in [0, 0.05) is 12.6 Å². The van der Waals surface area contributed by atoms with Crippen molar-refractivity contribution < 1.29 is 4.74 Å². The molecule has 1 aromatic rings. The van der Waals surface area contributed by atoms with Crippen LogP contribution >= 0.6 is 0 Å². The highest BCUT2D eigenvalue weighted by atomic mass is 16.5. The van der Waals surface area contributed by atoms with Crippen molar-refractivity contribution in [3.8, 4) is 5.88 Å². The molecule has 3 rings (SSSR count). The van der Waals surface area contributed by atoms with Crippen LogP contribution in [0.25, 0.3) is 0 Å². The maximum absolute atomic E-state index is 5.18.